The topological polar surface area (TPSA) is 57.5 Å². The van der Waals surface area contributed by atoms with E-state index in [0.29, 0.717) is 0 Å². The number of hydrogen-bond acceptors (Lipinski definition) is 3. The van der Waals surface area contributed by atoms with Crippen molar-refractivity contribution >= 4 is 29.9 Å². The molecule has 128 valence electrons. The van der Waals surface area contributed by atoms with Gasteiger partial charge in [-0.25, -0.2) is 0 Å². The summed E-state index contributed by atoms with van der Waals surface area (Å²) in [6.07, 6.45) is 4.81. The molecule has 0 aliphatic carbocycles. The van der Waals surface area contributed by atoms with Gasteiger partial charge in [-0.1, -0.05) is 13.8 Å². The van der Waals surface area contributed by atoms with Crippen LogP contribution in [0.1, 0.15) is 20.3 Å². The normalized spacial score (nSPS) is 12.2. The number of hydrogen-bond donors (Lipinski definition) is 2. The molecule has 1 aromatic heterocycles. The number of aliphatic imine (C=N–C) groups is 1. The van der Waals surface area contributed by atoms with E-state index in [-0.39, 0.29) is 29.4 Å². The third-order valence-corrected chi connectivity index (χ3v) is 3.12. The highest BCUT2D eigenvalue weighted by atomic mass is 127. The van der Waals surface area contributed by atoms with Crippen molar-refractivity contribution < 1.29 is 0 Å². The number of rotatable bonds is 8. The fourth-order valence-corrected chi connectivity index (χ4v) is 2.34. The number of aryl methyl sites for hydroxylation is 1. The second kappa shape index (κ2) is 10.8. The van der Waals surface area contributed by atoms with Crippen LogP contribution in [-0.2, 0) is 6.54 Å². The third-order valence-electron chi connectivity index (χ3n) is 3.12. The minimum atomic E-state index is 0. The molecule has 1 heterocycles. The summed E-state index contributed by atoms with van der Waals surface area (Å²) in [4.78, 5) is 6.47. The quantitative estimate of drug-likeness (QED) is 0.290. The van der Waals surface area contributed by atoms with E-state index in [4.69, 9.17) is 0 Å². The van der Waals surface area contributed by atoms with E-state index >= 15 is 0 Å². The van der Waals surface area contributed by atoms with E-state index in [1.54, 1.807) is 6.20 Å². The average Bonchev–Trinajstić information content (AvgIpc) is 2.89. The lowest BCUT2D eigenvalue weighted by atomic mass is 9.93. The van der Waals surface area contributed by atoms with Crippen LogP contribution in [0.3, 0.4) is 0 Å². The first kappa shape index (κ1) is 21.2. The molecule has 7 heteroatoms. The van der Waals surface area contributed by atoms with Gasteiger partial charge in [0.05, 0.1) is 0 Å². The number of nitrogens with one attached hydrogen (secondary N) is 2. The Kier molecular flexibility index (Phi) is 10.4. The van der Waals surface area contributed by atoms with Gasteiger partial charge in [-0.15, -0.1) is 24.0 Å². The van der Waals surface area contributed by atoms with Crippen molar-refractivity contribution in [2.45, 2.75) is 26.8 Å². The molecule has 0 saturated heterocycles. The summed E-state index contributed by atoms with van der Waals surface area (Å²) in [6, 6.07) is 1.95. The van der Waals surface area contributed by atoms with Crippen LogP contribution in [-0.4, -0.2) is 61.4 Å². The first-order valence-electron chi connectivity index (χ1n) is 7.49. The summed E-state index contributed by atoms with van der Waals surface area (Å²) in [5, 5.41) is 10.9. The van der Waals surface area contributed by atoms with Crippen LogP contribution in [0, 0.1) is 5.41 Å². The summed E-state index contributed by atoms with van der Waals surface area (Å²) in [5.41, 5.74) is 0.205. The van der Waals surface area contributed by atoms with Crippen LogP contribution < -0.4 is 10.6 Å². The molecule has 0 aliphatic heterocycles. The van der Waals surface area contributed by atoms with E-state index in [1.165, 1.54) is 0 Å². The first-order valence-corrected chi connectivity index (χ1v) is 7.49. The molecule has 0 atom stereocenters. The number of nitrogens with zero attached hydrogens (tertiary/aromatic N) is 4. The molecule has 0 radical (unpaired) electrons. The summed E-state index contributed by atoms with van der Waals surface area (Å²) >= 11 is 0. The molecule has 0 fully saturated rings. The molecular formula is C15H31IN6. The molecule has 0 spiro atoms. The molecular weight excluding hydrogens is 391 g/mol. The van der Waals surface area contributed by atoms with Crippen molar-refractivity contribution in [1.29, 1.82) is 0 Å². The van der Waals surface area contributed by atoms with Gasteiger partial charge >= 0.3 is 0 Å². The molecule has 2 N–H and O–H groups in total. The van der Waals surface area contributed by atoms with E-state index in [0.717, 1.165) is 38.6 Å². The van der Waals surface area contributed by atoms with Crippen molar-refractivity contribution in [2.24, 2.45) is 10.4 Å². The lowest BCUT2D eigenvalue weighted by Crippen LogP contribution is -2.45. The molecule has 0 bridgehead atoms. The zero-order valence-electron chi connectivity index (χ0n) is 14.5. The molecule has 1 aromatic rings. The highest BCUT2D eigenvalue weighted by Gasteiger charge is 2.19. The Morgan fingerprint density at radius 3 is 2.59 bits per heavy atom. The Morgan fingerprint density at radius 1 is 1.32 bits per heavy atom. The van der Waals surface area contributed by atoms with Crippen LogP contribution in [0.2, 0.25) is 0 Å². The number of guanidine groups is 1. The zero-order valence-corrected chi connectivity index (χ0v) is 16.8. The minimum absolute atomic E-state index is 0. The largest absolute Gasteiger partial charge is 0.356 e. The van der Waals surface area contributed by atoms with Crippen molar-refractivity contribution in [3.63, 3.8) is 0 Å². The van der Waals surface area contributed by atoms with Crippen molar-refractivity contribution in [1.82, 2.24) is 25.3 Å². The summed E-state index contributed by atoms with van der Waals surface area (Å²) in [5.74, 6) is 0.863. The molecule has 0 aromatic carbocycles. The van der Waals surface area contributed by atoms with Gasteiger partial charge in [0.2, 0.25) is 0 Å². The van der Waals surface area contributed by atoms with Crippen molar-refractivity contribution in [2.75, 3.05) is 40.8 Å². The van der Waals surface area contributed by atoms with Crippen LogP contribution in [0.4, 0.5) is 0 Å². The Balaban J connectivity index is 0.00000441. The second-order valence-corrected chi connectivity index (χ2v) is 6.38. The van der Waals surface area contributed by atoms with Crippen LogP contribution in [0.25, 0.3) is 0 Å². The Hall–Kier alpha value is -0.830. The van der Waals surface area contributed by atoms with Crippen LogP contribution in [0.5, 0.6) is 0 Å². The van der Waals surface area contributed by atoms with Gasteiger partial charge in [0.1, 0.15) is 0 Å². The Labute approximate surface area is 151 Å². The maximum Gasteiger partial charge on any atom is 0.190 e. The Bertz CT molecular complexity index is 414. The van der Waals surface area contributed by atoms with E-state index < -0.39 is 0 Å². The fourth-order valence-electron chi connectivity index (χ4n) is 2.34. The standard InChI is InChI=1S/C15H30N6.HI/c1-15(2,13-20(4)5)12-18-14(16-3)17-8-6-10-21-11-7-9-19-21;/h7,9,11H,6,8,10,12-13H2,1-5H3,(H2,16,17,18);1H. The summed E-state index contributed by atoms with van der Waals surface area (Å²) < 4.78 is 1.94. The lowest BCUT2D eigenvalue weighted by molar-refractivity contribution is 0.241. The average molecular weight is 422 g/mol. The molecule has 0 amide bonds. The second-order valence-electron chi connectivity index (χ2n) is 6.38. The van der Waals surface area contributed by atoms with E-state index in [9.17, 15) is 0 Å². The highest BCUT2D eigenvalue weighted by Crippen LogP contribution is 2.13. The SMILES string of the molecule is CN=C(NCCCn1cccn1)NCC(C)(C)CN(C)C.I. The molecule has 0 saturated carbocycles. The summed E-state index contributed by atoms with van der Waals surface area (Å²) in [6.45, 7) is 8.24. The maximum absolute atomic E-state index is 4.26. The monoisotopic (exact) mass is 422 g/mol. The lowest BCUT2D eigenvalue weighted by Gasteiger charge is -2.29. The Morgan fingerprint density at radius 2 is 2.05 bits per heavy atom. The van der Waals surface area contributed by atoms with E-state index in [1.807, 2.05) is 24.0 Å². The molecule has 22 heavy (non-hydrogen) atoms. The highest BCUT2D eigenvalue weighted by molar-refractivity contribution is 14.0. The number of halogens is 1. The zero-order chi connectivity index (χ0) is 15.7. The van der Waals surface area contributed by atoms with Gasteiger partial charge in [-0.05, 0) is 32.0 Å². The predicted octanol–water partition coefficient (Wildman–Crippen LogP) is 1.64. The molecule has 0 aliphatic rings. The van der Waals surface area contributed by atoms with Gasteiger partial charge < -0.3 is 15.5 Å². The van der Waals surface area contributed by atoms with Gasteiger partial charge in [-0.3, -0.25) is 9.67 Å². The fraction of sp³-hybridized carbons (Fsp3) is 0.733. The van der Waals surface area contributed by atoms with Crippen molar-refractivity contribution in [3.05, 3.63) is 18.5 Å². The molecule has 1 rings (SSSR count). The van der Waals surface area contributed by atoms with Crippen molar-refractivity contribution in [3.8, 4) is 0 Å². The van der Waals surface area contributed by atoms with Crippen LogP contribution >= 0.6 is 24.0 Å². The van der Waals surface area contributed by atoms with Gasteiger partial charge in [0, 0.05) is 45.6 Å². The third kappa shape index (κ3) is 9.24. The maximum atomic E-state index is 4.26. The minimum Gasteiger partial charge on any atom is -0.356 e. The first-order chi connectivity index (χ1) is 9.93. The molecule has 0 unspecified atom stereocenters. The van der Waals surface area contributed by atoms with Gasteiger partial charge in [0.15, 0.2) is 5.96 Å². The van der Waals surface area contributed by atoms with E-state index in [2.05, 4.69) is 53.6 Å². The molecule has 6 nitrogen and oxygen atoms in total. The van der Waals surface area contributed by atoms with Crippen LogP contribution in [0.15, 0.2) is 23.5 Å². The van der Waals surface area contributed by atoms with Gasteiger partial charge in [0.25, 0.3) is 0 Å². The summed E-state index contributed by atoms with van der Waals surface area (Å²) in [7, 11) is 6.01. The predicted molar refractivity (Wildman–Crippen MR) is 104 cm³/mol. The van der Waals surface area contributed by atoms with Gasteiger partial charge in [-0.2, -0.15) is 5.10 Å². The number of aromatic nitrogens is 2. The smallest absolute Gasteiger partial charge is 0.190 e.